The third-order valence-electron chi connectivity index (χ3n) is 3.20. The van der Waals surface area contributed by atoms with Crippen molar-refractivity contribution >= 4 is 11.0 Å². The molecular formula is C14H11F3N4. The van der Waals surface area contributed by atoms with Gasteiger partial charge >= 0.3 is 6.18 Å². The first-order chi connectivity index (χ1) is 9.88. The SMILES string of the molecule is Cc1n[nH]c(C)c1-c1nc2ccccc2nc1C(F)(F)F. The molecule has 0 unspecified atom stereocenters. The summed E-state index contributed by atoms with van der Waals surface area (Å²) in [5, 5.41) is 6.61. The second-order valence-electron chi connectivity index (χ2n) is 4.72. The van der Waals surface area contributed by atoms with Crippen LogP contribution in [0.2, 0.25) is 0 Å². The van der Waals surface area contributed by atoms with Crippen LogP contribution in [0.3, 0.4) is 0 Å². The summed E-state index contributed by atoms with van der Waals surface area (Å²) in [5.41, 5.74) is 0.789. The lowest BCUT2D eigenvalue weighted by atomic mass is 10.1. The van der Waals surface area contributed by atoms with Crippen molar-refractivity contribution < 1.29 is 13.2 Å². The zero-order valence-electron chi connectivity index (χ0n) is 11.3. The van der Waals surface area contributed by atoms with Gasteiger partial charge in [0.15, 0.2) is 5.69 Å². The van der Waals surface area contributed by atoms with Gasteiger partial charge in [-0.3, -0.25) is 5.10 Å². The van der Waals surface area contributed by atoms with E-state index in [0.29, 0.717) is 22.5 Å². The third-order valence-corrected chi connectivity index (χ3v) is 3.20. The number of aromatic amines is 1. The maximum Gasteiger partial charge on any atom is 0.435 e. The predicted octanol–water partition coefficient (Wildman–Crippen LogP) is 3.66. The van der Waals surface area contributed by atoms with Crippen LogP contribution in [0.15, 0.2) is 24.3 Å². The van der Waals surface area contributed by atoms with Gasteiger partial charge in [0.25, 0.3) is 0 Å². The highest BCUT2D eigenvalue weighted by atomic mass is 19.4. The van der Waals surface area contributed by atoms with Crippen molar-refractivity contribution in [3.63, 3.8) is 0 Å². The lowest BCUT2D eigenvalue weighted by Gasteiger charge is -2.12. The first kappa shape index (κ1) is 13.5. The normalized spacial score (nSPS) is 12.0. The molecule has 0 amide bonds. The Bertz CT molecular complexity index is 801. The number of H-pyrrole nitrogens is 1. The fourth-order valence-corrected chi connectivity index (χ4v) is 2.27. The van der Waals surface area contributed by atoms with Gasteiger partial charge in [-0.2, -0.15) is 18.3 Å². The van der Waals surface area contributed by atoms with Gasteiger partial charge < -0.3 is 0 Å². The zero-order valence-corrected chi connectivity index (χ0v) is 11.3. The van der Waals surface area contributed by atoms with Crippen LogP contribution in [0, 0.1) is 13.8 Å². The van der Waals surface area contributed by atoms with Gasteiger partial charge in [0.05, 0.1) is 16.7 Å². The van der Waals surface area contributed by atoms with Gasteiger partial charge in [-0.1, -0.05) is 12.1 Å². The van der Waals surface area contributed by atoms with Crippen LogP contribution in [-0.4, -0.2) is 20.2 Å². The van der Waals surface area contributed by atoms with Crippen molar-refractivity contribution in [2.45, 2.75) is 20.0 Å². The first-order valence-corrected chi connectivity index (χ1v) is 6.24. The molecule has 1 aromatic carbocycles. The van der Waals surface area contributed by atoms with Crippen molar-refractivity contribution in [2.24, 2.45) is 0 Å². The topological polar surface area (TPSA) is 54.5 Å². The summed E-state index contributed by atoms with van der Waals surface area (Å²) in [6, 6.07) is 6.49. The molecule has 108 valence electrons. The zero-order chi connectivity index (χ0) is 15.2. The second kappa shape index (κ2) is 4.54. The first-order valence-electron chi connectivity index (χ1n) is 6.24. The van der Waals surface area contributed by atoms with E-state index in [1.165, 1.54) is 6.07 Å². The number of rotatable bonds is 1. The minimum Gasteiger partial charge on any atom is -0.282 e. The van der Waals surface area contributed by atoms with Crippen LogP contribution in [0.4, 0.5) is 13.2 Å². The number of alkyl halides is 3. The molecule has 0 bridgehead atoms. The highest BCUT2D eigenvalue weighted by Gasteiger charge is 2.38. The molecule has 21 heavy (non-hydrogen) atoms. The van der Waals surface area contributed by atoms with E-state index in [4.69, 9.17) is 0 Å². The van der Waals surface area contributed by atoms with Gasteiger partial charge in [0, 0.05) is 11.3 Å². The van der Waals surface area contributed by atoms with Gasteiger partial charge in [0.2, 0.25) is 0 Å². The van der Waals surface area contributed by atoms with E-state index in [2.05, 4.69) is 20.2 Å². The van der Waals surface area contributed by atoms with Gasteiger partial charge in [-0.25, -0.2) is 9.97 Å². The number of nitrogens with zero attached hydrogens (tertiary/aromatic N) is 3. The summed E-state index contributed by atoms with van der Waals surface area (Å²) in [6.45, 7) is 3.29. The van der Waals surface area contributed by atoms with Crippen molar-refractivity contribution in [3.05, 3.63) is 41.3 Å². The van der Waals surface area contributed by atoms with E-state index in [1.807, 2.05) is 0 Å². The Kier molecular flexibility index (Phi) is 2.93. The number of para-hydroxylation sites is 2. The fourth-order valence-electron chi connectivity index (χ4n) is 2.27. The smallest absolute Gasteiger partial charge is 0.282 e. The number of benzene rings is 1. The Morgan fingerprint density at radius 2 is 1.62 bits per heavy atom. The number of halogens is 3. The Morgan fingerprint density at radius 3 is 2.14 bits per heavy atom. The van der Waals surface area contributed by atoms with Crippen molar-refractivity contribution in [1.82, 2.24) is 20.2 Å². The van der Waals surface area contributed by atoms with E-state index in [0.717, 1.165) is 0 Å². The van der Waals surface area contributed by atoms with E-state index in [-0.39, 0.29) is 11.2 Å². The molecule has 0 aliphatic heterocycles. The monoisotopic (exact) mass is 292 g/mol. The molecule has 3 aromatic rings. The van der Waals surface area contributed by atoms with Crippen molar-refractivity contribution in [3.8, 4) is 11.3 Å². The molecular weight excluding hydrogens is 281 g/mol. The van der Waals surface area contributed by atoms with Crippen LogP contribution in [-0.2, 0) is 6.18 Å². The summed E-state index contributed by atoms with van der Waals surface area (Å²) in [4.78, 5) is 7.92. The molecule has 0 aliphatic carbocycles. The molecule has 0 saturated carbocycles. The largest absolute Gasteiger partial charge is 0.435 e. The molecule has 0 spiro atoms. The highest BCUT2D eigenvalue weighted by Crippen LogP contribution is 2.37. The fraction of sp³-hybridized carbons (Fsp3) is 0.214. The Morgan fingerprint density at radius 1 is 1.00 bits per heavy atom. The Labute approximate surface area is 118 Å². The molecule has 0 radical (unpaired) electrons. The molecule has 2 heterocycles. The third kappa shape index (κ3) is 2.24. The van der Waals surface area contributed by atoms with Crippen LogP contribution < -0.4 is 0 Å². The van der Waals surface area contributed by atoms with Gasteiger partial charge in [-0.15, -0.1) is 0 Å². The molecule has 4 nitrogen and oxygen atoms in total. The highest BCUT2D eigenvalue weighted by molar-refractivity contribution is 5.79. The van der Waals surface area contributed by atoms with Gasteiger partial charge in [0.1, 0.15) is 5.69 Å². The molecule has 3 rings (SSSR count). The minimum atomic E-state index is -4.58. The number of nitrogens with one attached hydrogen (secondary N) is 1. The van der Waals surface area contributed by atoms with Crippen LogP contribution in [0.1, 0.15) is 17.1 Å². The maximum absolute atomic E-state index is 13.3. The number of aryl methyl sites for hydroxylation is 2. The quantitative estimate of drug-likeness (QED) is 0.744. The maximum atomic E-state index is 13.3. The van der Waals surface area contributed by atoms with Crippen molar-refractivity contribution in [2.75, 3.05) is 0 Å². The Hall–Kier alpha value is -2.44. The Balaban J connectivity index is 2.39. The summed E-state index contributed by atoms with van der Waals surface area (Å²) in [5.74, 6) is 0. The van der Waals surface area contributed by atoms with E-state index < -0.39 is 11.9 Å². The lowest BCUT2D eigenvalue weighted by molar-refractivity contribution is -0.140. The molecule has 0 atom stereocenters. The standard InChI is InChI=1S/C14H11F3N4/c1-7-11(8(2)21-20-7)12-13(14(15,16)17)19-10-6-4-3-5-9(10)18-12/h3-6H,1-2H3,(H,20,21). The number of aromatic nitrogens is 4. The summed E-state index contributed by atoms with van der Waals surface area (Å²) in [6.07, 6.45) is -4.58. The second-order valence-corrected chi connectivity index (χ2v) is 4.72. The molecule has 2 aromatic heterocycles. The molecule has 0 aliphatic rings. The number of fused-ring (bicyclic) bond motifs is 1. The predicted molar refractivity (Wildman–Crippen MR) is 71.6 cm³/mol. The van der Waals surface area contributed by atoms with Crippen molar-refractivity contribution in [1.29, 1.82) is 0 Å². The molecule has 1 N–H and O–H groups in total. The van der Waals surface area contributed by atoms with E-state index in [1.54, 1.807) is 32.0 Å². The average molecular weight is 292 g/mol. The summed E-state index contributed by atoms with van der Waals surface area (Å²) in [7, 11) is 0. The summed E-state index contributed by atoms with van der Waals surface area (Å²) < 4.78 is 39.9. The average Bonchev–Trinajstić information content (AvgIpc) is 2.76. The minimum absolute atomic E-state index is 0.190. The van der Waals surface area contributed by atoms with E-state index >= 15 is 0 Å². The van der Waals surface area contributed by atoms with E-state index in [9.17, 15) is 13.2 Å². The summed E-state index contributed by atoms with van der Waals surface area (Å²) >= 11 is 0. The number of hydrogen-bond donors (Lipinski definition) is 1. The van der Waals surface area contributed by atoms with Gasteiger partial charge in [-0.05, 0) is 26.0 Å². The van der Waals surface area contributed by atoms with Crippen LogP contribution >= 0.6 is 0 Å². The molecule has 0 fully saturated rings. The molecule has 7 heteroatoms. The lowest BCUT2D eigenvalue weighted by Crippen LogP contribution is -2.12. The number of hydrogen-bond acceptors (Lipinski definition) is 3. The van der Waals surface area contributed by atoms with Crippen LogP contribution in [0.25, 0.3) is 22.3 Å². The molecule has 0 saturated heterocycles. The van der Waals surface area contributed by atoms with Crippen LogP contribution in [0.5, 0.6) is 0 Å².